The van der Waals surface area contributed by atoms with Crippen LogP contribution in [0.15, 0.2) is 30.7 Å². The molecule has 186 valence electrons. The van der Waals surface area contributed by atoms with Crippen molar-refractivity contribution in [2.45, 2.75) is 39.2 Å². The summed E-state index contributed by atoms with van der Waals surface area (Å²) in [6.45, 7) is 2.72. The number of methoxy groups -OCH3 is 2. The Morgan fingerprint density at radius 2 is 1.91 bits per heavy atom. The SMILES string of the molecule is CCCOC1c2nc(-c3cnc(OC)c(OC)c3)cc(C)c2C(=O)N1c1cnn(CC(F)(F)F)c1. The van der Waals surface area contributed by atoms with E-state index in [0.29, 0.717) is 52.7 Å². The highest BCUT2D eigenvalue weighted by Crippen LogP contribution is 2.40. The molecule has 1 aliphatic heterocycles. The van der Waals surface area contributed by atoms with Crippen LogP contribution in [-0.2, 0) is 11.3 Å². The van der Waals surface area contributed by atoms with E-state index in [1.807, 2.05) is 6.92 Å². The second kappa shape index (κ2) is 9.53. The number of carbonyl (C=O) groups is 1. The molecule has 3 aromatic heterocycles. The first-order chi connectivity index (χ1) is 16.7. The minimum Gasteiger partial charge on any atom is -0.491 e. The number of rotatable bonds is 8. The molecule has 0 aliphatic carbocycles. The molecule has 3 aromatic rings. The predicted molar refractivity (Wildman–Crippen MR) is 119 cm³/mol. The molecule has 12 heteroatoms. The van der Waals surface area contributed by atoms with Gasteiger partial charge in [0.05, 0.1) is 37.4 Å². The van der Waals surface area contributed by atoms with Gasteiger partial charge in [0.25, 0.3) is 11.8 Å². The lowest BCUT2D eigenvalue weighted by atomic mass is 10.0. The van der Waals surface area contributed by atoms with Crippen molar-refractivity contribution in [1.82, 2.24) is 19.7 Å². The van der Waals surface area contributed by atoms with Crippen LogP contribution in [-0.4, -0.2) is 52.7 Å². The van der Waals surface area contributed by atoms with Crippen LogP contribution in [0.1, 0.15) is 41.2 Å². The Balaban J connectivity index is 1.77. The number of aryl methyl sites for hydroxylation is 1. The zero-order chi connectivity index (χ0) is 25.3. The lowest BCUT2D eigenvalue weighted by Crippen LogP contribution is -2.29. The lowest BCUT2D eigenvalue weighted by molar-refractivity contribution is -0.142. The highest BCUT2D eigenvalue weighted by Gasteiger charge is 2.42. The van der Waals surface area contributed by atoms with Gasteiger partial charge in [0.2, 0.25) is 0 Å². The van der Waals surface area contributed by atoms with Crippen LogP contribution < -0.4 is 14.4 Å². The predicted octanol–water partition coefficient (Wildman–Crippen LogP) is 4.31. The number of halogens is 3. The normalized spacial score (nSPS) is 15.5. The van der Waals surface area contributed by atoms with Crippen LogP contribution in [0.3, 0.4) is 0 Å². The number of hydrogen-bond acceptors (Lipinski definition) is 7. The second-order valence-corrected chi connectivity index (χ2v) is 7.93. The monoisotopic (exact) mass is 491 g/mol. The zero-order valence-electron chi connectivity index (χ0n) is 19.6. The largest absolute Gasteiger partial charge is 0.491 e. The minimum absolute atomic E-state index is 0.187. The molecule has 0 saturated heterocycles. The number of amides is 1. The minimum atomic E-state index is -4.44. The average Bonchev–Trinajstić information content (AvgIpc) is 3.37. The number of anilines is 1. The fourth-order valence-corrected chi connectivity index (χ4v) is 3.91. The summed E-state index contributed by atoms with van der Waals surface area (Å²) in [5, 5.41) is 3.77. The van der Waals surface area contributed by atoms with E-state index in [-0.39, 0.29) is 5.69 Å². The first kappa shape index (κ1) is 24.5. The number of carbonyl (C=O) groups excluding carboxylic acids is 1. The van der Waals surface area contributed by atoms with Crippen molar-refractivity contribution in [3.8, 4) is 22.9 Å². The van der Waals surface area contributed by atoms with Crippen LogP contribution in [0.4, 0.5) is 18.9 Å². The highest BCUT2D eigenvalue weighted by atomic mass is 19.4. The van der Waals surface area contributed by atoms with Crippen molar-refractivity contribution in [3.05, 3.63) is 47.5 Å². The van der Waals surface area contributed by atoms with Crippen molar-refractivity contribution < 1.29 is 32.2 Å². The average molecular weight is 491 g/mol. The van der Waals surface area contributed by atoms with Gasteiger partial charge in [0, 0.05) is 24.6 Å². The Labute approximate surface area is 199 Å². The Morgan fingerprint density at radius 3 is 2.57 bits per heavy atom. The van der Waals surface area contributed by atoms with E-state index in [0.717, 1.165) is 4.68 Å². The molecule has 1 unspecified atom stereocenters. The van der Waals surface area contributed by atoms with E-state index < -0.39 is 24.9 Å². The van der Waals surface area contributed by atoms with Gasteiger partial charge in [-0.15, -0.1) is 0 Å². The number of pyridine rings is 2. The lowest BCUT2D eigenvalue weighted by Gasteiger charge is -2.23. The maximum atomic E-state index is 13.4. The molecule has 0 fully saturated rings. The molecule has 0 aromatic carbocycles. The van der Waals surface area contributed by atoms with Gasteiger partial charge in [0.15, 0.2) is 12.0 Å². The third kappa shape index (κ3) is 4.78. The fourth-order valence-electron chi connectivity index (χ4n) is 3.91. The first-order valence-corrected chi connectivity index (χ1v) is 10.8. The summed E-state index contributed by atoms with van der Waals surface area (Å²) in [6, 6.07) is 3.46. The van der Waals surface area contributed by atoms with Crippen LogP contribution >= 0.6 is 0 Å². The molecule has 9 nitrogen and oxygen atoms in total. The van der Waals surface area contributed by atoms with Gasteiger partial charge in [-0.05, 0) is 31.0 Å². The summed E-state index contributed by atoms with van der Waals surface area (Å²) < 4.78 is 55.7. The van der Waals surface area contributed by atoms with Crippen molar-refractivity contribution in [3.63, 3.8) is 0 Å². The van der Waals surface area contributed by atoms with Crippen LogP contribution in [0, 0.1) is 6.92 Å². The number of fused-ring (bicyclic) bond motifs is 1. The zero-order valence-corrected chi connectivity index (χ0v) is 19.6. The maximum absolute atomic E-state index is 13.4. The summed E-state index contributed by atoms with van der Waals surface area (Å²) in [5.41, 5.74) is 2.70. The molecule has 0 bridgehead atoms. The van der Waals surface area contributed by atoms with Gasteiger partial charge in [-0.3, -0.25) is 14.4 Å². The summed E-state index contributed by atoms with van der Waals surface area (Å²) in [6.07, 6.45) is -0.736. The van der Waals surface area contributed by atoms with Gasteiger partial charge >= 0.3 is 6.18 Å². The van der Waals surface area contributed by atoms with E-state index in [9.17, 15) is 18.0 Å². The van der Waals surface area contributed by atoms with Crippen LogP contribution in [0.2, 0.25) is 0 Å². The van der Waals surface area contributed by atoms with E-state index >= 15 is 0 Å². The van der Waals surface area contributed by atoms with Gasteiger partial charge < -0.3 is 14.2 Å². The van der Waals surface area contributed by atoms with Gasteiger partial charge in [0.1, 0.15) is 12.2 Å². The Bertz CT molecular complexity index is 1240. The van der Waals surface area contributed by atoms with E-state index in [1.54, 1.807) is 25.3 Å². The van der Waals surface area contributed by atoms with E-state index in [4.69, 9.17) is 19.2 Å². The summed E-state index contributed by atoms with van der Waals surface area (Å²) in [5.74, 6) is 0.309. The van der Waals surface area contributed by atoms with Gasteiger partial charge in [-0.25, -0.2) is 9.97 Å². The van der Waals surface area contributed by atoms with Crippen molar-refractivity contribution >= 4 is 11.6 Å². The van der Waals surface area contributed by atoms with Crippen LogP contribution in [0.5, 0.6) is 11.6 Å². The van der Waals surface area contributed by atoms with Crippen molar-refractivity contribution in [1.29, 1.82) is 0 Å². The number of hydrogen-bond donors (Lipinski definition) is 0. The standard InChI is InChI=1S/C23H24F3N5O4/c1-5-6-35-22-19-18(21(32)31(22)15-10-28-30(11-15)12-23(24,25)26)13(2)7-16(29-19)14-8-17(33-3)20(34-4)27-9-14/h7-11,22H,5-6,12H2,1-4H3. The van der Waals surface area contributed by atoms with Gasteiger partial charge in [-0.2, -0.15) is 18.3 Å². The third-order valence-corrected chi connectivity index (χ3v) is 5.39. The summed E-state index contributed by atoms with van der Waals surface area (Å²) in [4.78, 5) is 23.7. The summed E-state index contributed by atoms with van der Waals surface area (Å²) >= 11 is 0. The quantitative estimate of drug-likeness (QED) is 0.464. The number of ether oxygens (including phenoxy) is 3. The van der Waals surface area contributed by atoms with Crippen molar-refractivity contribution in [2.75, 3.05) is 25.7 Å². The molecule has 0 saturated carbocycles. The molecule has 0 radical (unpaired) electrons. The number of nitrogens with zero attached hydrogens (tertiary/aromatic N) is 5. The Hall–Kier alpha value is -3.67. The summed E-state index contributed by atoms with van der Waals surface area (Å²) in [7, 11) is 2.98. The molecule has 1 amide bonds. The fraction of sp³-hybridized carbons (Fsp3) is 0.391. The molecular weight excluding hydrogens is 467 g/mol. The van der Waals surface area contributed by atoms with Crippen LogP contribution in [0.25, 0.3) is 11.3 Å². The molecule has 0 spiro atoms. The number of alkyl halides is 3. The van der Waals surface area contributed by atoms with Gasteiger partial charge in [-0.1, -0.05) is 6.92 Å². The molecule has 1 atom stereocenters. The third-order valence-electron chi connectivity index (χ3n) is 5.39. The second-order valence-electron chi connectivity index (χ2n) is 7.93. The van der Waals surface area contributed by atoms with E-state index in [1.165, 1.54) is 31.5 Å². The highest BCUT2D eigenvalue weighted by molar-refractivity contribution is 6.11. The topological polar surface area (TPSA) is 91.6 Å². The molecule has 0 N–H and O–H groups in total. The smallest absolute Gasteiger partial charge is 0.408 e. The Kier molecular flexibility index (Phi) is 6.66. The first-order valence-electron chi connectivity index (χ1n) is 10.8. The molecule has 4 heterocycles. The molecule has 1 aliphatic rings. The molecule has 4 rings (SSSR count). The van der Waals surface area contributed by atoms with Crippen molar-refractivity contribution in [2.24, 2.45) is 0 Å². The molecule has 35 heavy (non-hydrogen) atoms. The maximum Gasteiger partial charge on any atom is 0.408 e. The van der Waals surface area contributed by atoms with E-state index in [2.05, 4.69) is 10.1 Å². The number of aromatic nitrogens is 4. The Morgan fingerprint density at radius 1 is 1.14 bits per heavy atom. The molecular formula is C23H24F3N5O4.